The quantitative estimate of drug-likeness (QED) is 0.480. The van der Waals surface area contributed by atoms with E-state index in [9.17, 15) is 4.79 Å². The summed E-state index contributed by atoms with van der Waals surface area (Å²) in [5.41, 5.74) is 3.39. The van der Waals surface area contributed by atoms with Crippen molar-refractivity contribution in [2.75, 3.05) is 0 Å². The molecular weight excluding hydrogens is 384 g/mol. The van der Waals surface area contributed by atoms with E-state index in [4.69, 9.17) is 12.2 Å². The summed E-state index contributed by atoms with van der Waals surface area (Å²) in [7, 11) is 0. The van der Waals surface area contributed by atoms with Gasteiger partial charge in [-0.2, -0.15) is 10.2 Å². The Morgan fingerprint density at radius 3 is 2.76 bits per heavy atom. The van der Waals surface area contributed by atoms with Gasteiger partial charge in [0.2, 0.25) is 0 Å². The molecule has 2 aromatic carbocycles. The Hall–Kier alpha value is -3.52. The third kappa shape index (κ3) is 3.88. The summed E-state index contributed by atoms with van der Waals surface area (Å²) in [4.78, 5) is 12.7. The summed E-state index contributed by atoms with van der Waals surface area (Å²) in [5.74, 6) is 0.511. The summed E-state index contributed by atoms with van der Waals surface area (Å²) in [5, 5.41) is 14.3. The van der Waals surface area contributed by atoms with E-state index in [0.29, 0.717) is 29.2 Å². The van der Waals surface area contributed by atoms with Crippen molar-refractivity contribution in [2.24, 2.45) is 0 Å². The summed E-state index contributed by atoms with van der Waals surface area (Å²) in [6.45, 7) is 2.97. The fourth-order valence-electron chi connectivity index (χ4n) is 3.19. The highest BCUT2D eigenvalue weighted by atomic mass is 32.1. The van der Waals surface area contributed by atoms with E-state index in [1.54, 1.807) is 12.3 Å². The molecule has 146 valence electrons. The minimum atomic E-state index is -0.183. The SMILES string of the molecule is CCn1c(CNC(=O)c2cccc(-n3nccc3-c3ccccc3)c2)n[nH]c1=S. The Bertz CT molecular complexity index is 1190. The Morgan fingerprint density at radius 2 is 1.97 bits per heavy atom. The van der Waals surface area contributed by atoms with Crippen LogP contribution in [-0.4, -0.2) is 30.5 Å². The number of benzene rings is 2. The van der Waals surface area contributed by atoms with Crippen LogP contribution in [0.2, 0.25) is 0 Å². The van der Waals surface area contributed by atoms with Crippen LogP contribution in [0.1, 0.15) is 23.1 Å². The minimum Gasteiger partial charge on any atom is -0.345 e. The molecule has 0 fully saturated rings. The molecular formula is C21H20N6OS. The number of carbonyl (C=O) groups is 1. The van der Waals surface area contributed by atoms with E-state index < -0.39 is 0 Å². The number of aromatic amines is 1. The number of amides is 1. The summed E-state index contributed by atoms with van der Waals surface area (Å²) in [6.07, 6.45) is 1.75. The highest BCUT2D eigenvalue weighted by Crippen LogP contribution is 2.22. The maximum atomic E-state index is 12.7. The predicted octanol–water partition coefficient (Wildman–Crippen LogP) is 3.74. The van der Waals surface area contributed by atoms with Crippen molar-refractivity contribution < 1.29 is 4.79 Å². The van der Waals surface area contributed by atoms with Crippen molar-refractivity contribution >= 4 is 18.1 Å². The van der Waals surface area contributed by atoms with Crippen LogP contribution in [0.4, 0.5) is 0 Å². The normalized spacial score (nSPS) is 10.8. The number of carbonyl (C=O) groups excluding carboxylic acids is 1. The van der Waals surface area contributed by atoms with Gasteiger partial charge >= 0.3 is 0 Å². The van der Waals surface area contributed by atoms with Gasteiger partial charge < -0.3 is 9.88 Å². The Labute approximate surface area is 173 Å². The van der Waals surface area contributed by atoms with Crippen LogP contribution in [-0.2, 0) is 13.1 Å². The first-order chi connectivity index (χ1) is 14.2. The molecule has 0 saturated carbocycles. The number of nitrogens with one attached hydrogen (secondary N) is 2. The van der Waals surface area contributed by atoms with E-state index in [2.05, 4.69) is 20.6 Å². The van der Waals surface area contributed by atoms with Crippen LogP contribution in [0.5, 0.6) is 0 Å². The molecule has 0 atom stereocenters. The average Bonchev–Trinajstić information content (AvgIpc) is 3.39. The van der Waals surface area contributed by atoms with Crippen molar-refractivity contribution in [3.63, 3.8) is 0 Å². The molecule has 2 heterocycles. The van der Waals surface area contributed by atoms with Gasteiger partial charge in [0.25, 0.3) is 5.91 Å². The van der Waals surface area contributed by atoms with Crippen molar-refractivity contribution in [3.05, 3.63) is 83.0 Å². The Balaban J connectivity index is 1.56. The molecule has 0 bridgehead atoms. The highest BCUT2D eigenvalue weighted by Gasteiger charge is 2.12. The van der Waals surface area contributed by atoms with Gasteiger partial charge in [-0.1, -0.05) is 36.4 Å². The summed E-state index contributed by atoms with van der Waals surface area (Å²) in [6, 6.07) is 19.4. The molecule has 29 heavy (non-hydrogen) atoms. The lowest BCUT2D eigenvalue weighted by Gasteiger charge is -2.10. The maximum Gasteiger partial charge on any atom is 0.251 e. The smallest absolute Gasteiger partial charge is 0.251 e. The number of nitrogens with zero attached hydrogens (tertiary/aromatic N) is 4. The number of hydrogen-bond acceptors (Lipinski definition) is 4. The van der Waals surface area contributed by atoms with Crippen molar-refractivity contribution in [3.8, 4) is 16.9 Å². The molecule has 0 unspecified atom stereocenters. The molecule has 4 rings (SSSR count). The topological polar surface area (TPSA) is 80.5 Å². The lowest BCUT2D eigenvalue weighted by atomic mass is 10.1. The van der Waals surface area contributed by atoms with Crippen LogP contribution in [0.3, 0.4) is 0 Å². The van der Waals surface area contributed by atoms with Crippen LogP contribution in [0, 0.1) is 4.77 Å². The second-order valence-electron chi connectivity index (χ2n) is 6.42. The van der Waals surface area contributed by atoms with Gasteiger partial charge in [-0.25, -0.2) is 4.68 Å². The number of aromatic nitrogens is 5. The first kappa shape index (κ1) is 18.8. The van der Waals surface area contributed by atoms with Crippen molar-refractivity contribution in [1.82, 2.24) is 29.9 Å². The van der Waals surface area contributed by atoms with Gasteiger partial charge in [0, 0.05) is 17.7 Å². The third-order valence-corrected chi connectivity index (χ3v) is 4.94. The van der Waals surface area contributed by atoms with E-state index in [0.717, 1.165) is 16.9 Å². The molecule has 2 N–H and O–H groups in total. The first-order valence-corrected chi connectivity index (χ1v) is 9.70. The number of rotatable bonds is 6. The zero-order chi connectivity index (χ0) is 20.2. The van der Waals surface area contributed by atoms with E-state index in [1.807, 2.05) is 70.8 Å². The lowest BCUT2D eigenvalue weighted by molar-refractivity contribution is 0.0949. The van der Waals surface area contributed by atoms with Crippen molar-refractivity contribution in [2.45, 2.75) is 20.0 Å². The first-order valence-electron chi connectivity index (χ1n) is 9.29. The van der Waals surface area contributed by atoms with Crippen molar-refractivity contribution in [1.29, 1.82) is 0 Å². The van der Waals surface area contributed by atoms with Gasteiger partial charge in [-0.05, 0) is 43.4 Å². The molecule has 0 aliphatic rings. The standard InChI is InChI=1S/C21H20N6OS/c1-2-26-19(24-25-21(26)29)14-22-20(28)16-9-6-10-17(13-16)27-18(11-12-23-27)15-7-4-3-5-8-15/h3-13H,2,14H2,1H3,(H,22,28)(H,25,29). The summed E-state index contributed by atoms with van der Waals surface area (Å²) < 4.78 is 4.22. The van der Waals surface area contributed by atoms with Crippen LogP contribution in [0.15, 0.2) is 66.9 Å². The Morgan fingerprint density at radius 1 is 1.14 bits per heavy atom. The van der Waals surface area contributed by atoms with E-state index in [-0.39, 0.29) is 5.91 Å². The molecule has 0 saturated heterocycles. The summed E-state index contributed by atoms with van der Waals surface area (Å²) >= 11 is 5.18. The fraction of sp³-hybridized carbons (Fsp3) is 0.143. The number of H-pyrrole nitrogens is 1. The molecule has 0 spiro atoms. The average molecular weight is 404 g/mol. The molecule has 7 nitrogen and oxygen atoms in total. The molecule has 1 amide bonds. The molecule has 0 aliphatic carbocycles. The zero-order valence-electron chi connectivity index (χ0n) is 15.9. The monoisotopic (exact) mass is 404 g/mol. The van der Waals surface area contributed by atoms with Crippen LogP contribution in [0.25, 0.3) is 16.9 Å². The minimum absolute atomic E-state index is 0.183. The van der Waals surface area contributed by atoms with Gasteiger partial charge in [-0.3, -0.25) is 9.89 Å². The predicted molar refractivity (Wildman–Crippen MR) is 113 cm³/mol. The number of hydrogen-bond donors (Lipinski definition) is 2. The lowest BCUT2D eigenvalue weighted by Crippen LogP contribution is -2.25. The zero-order valence-corrected chi connectivity index (χ0v) is 16.7. The molecule has 8 heteroatoms. The molecule has 0 aliphatic heterocycles. The van der Waals surface area contributed by atoms with Gasteiger partial charge in [0.05, 0.1) is 24.1 Å². The van der Waals surface area contributed by atoms with Gasteiger partial charge in [-0.15, -0.1) is 0 Å². The molecule has 4 aromatic rings. The molecule has 0 radical (unpaired) electrons. The largest absolute Gasteiger partial charge is 0.345 e. The highest BCUT2D eigenvalue weighted by molar-refractivity contribution is 7.71. The fourth-order valence-corrected chi connectivity index (χ4v) is 3.47. The van der Waals surface area contributed by atoms with E-state index >= 15 is 0 Å². The Kier molecular flexibility index (Phi) is 5.35. The van der Waals surface area contributed by atoms with E-state index in [1.165, 1.54) is 0 Å². The van der Waals surface area contributed by atoms with Gasteiger partial charge in [0.15, 0.2) is 10.6 Å². The van der Waals surface area contributed by atoms with Crippen LogP contribution < -0.4 is 5.32 Å². The molecule has 2 aromatic heterocycles. The van der Waals surface area contributed by atoms with Crippen LogP contribution >= 0.6 is 12.2 Å². The van der Waals surface area contributed by atoms with Gasteiger partial charge in [0.1, 0.15) is 0 Å². The maximum absolute atomic E-state index is 12.7. The second-order valence-corrected chi connectivity index (χ2v) is 6.80. The third-order valence-electron chi connectivity index (χ3n) is 4.63. The second kappa shape index (κ2) is 8.24.